The summed E-state index contributed by atoms with van der Waals surface area (Å²) in [6.07, 6.45) is 0.721. The Hall–Kier alpha value is -0.830. The Labute approximate surface area is 63.9 Å². The highest BCUT2D eigenvalue weighted by molar-refractivity contribution is 7.10. The number of carbonyl (C=O) groups excluding carboxylic acids is 1. The van der Waals surface area contributed by atoms with Crippen LogP contribution in [0.4, 0.5) is 0 Å². The van der Waals surface area contributed by atoms with E-state index in [1.54, 1.807) is 11.3 Å². The zero-order valence-corrected chi connectivity index (χ0v) is 6.57. The average Bonchev–Trinajstić information content (AvgIpc) is 2.31. The lowest BCUT2D eigenvalue weighted by Crippen LogP contribution is -2.08. The van der Waals surface area contributed by atoms with Crippen LogP contribution in [-0.4, -0.2) is 6.41 Å². The maximum Gasteiger partial charge on any atom is 0.207 e. The Bertz CT molecular complexity index is 219. The van der Waals surface area contributed by atoms with E-state index >= 15 is 0 Å². The fraction of sp³-hybridized carbons (Fsp3) is 0.286. The average molecular weight is 155 g/mol. The summed E-state index contributed by atoms with van der Waals surface area (Å²) in [6.45, 7) is 2.70. The molecular weight excluding hydrogens is 146 g/mol. The van der Waals surface area contributed by atoms with Crippen molar-refractivity contribution in [3.8, 4) is 0 Å². The largest absolute Gasteiger partial charge is 0.354 e. The topological polar surface area (TPSA) is 29.1 Å². The Morgan fingerprint density at radius 3 is 3.10 bits per heavy atom. The van der Waals surface area contributed by atoms with Gasteiger partial charge >= 0.3 is 0 Å². The van der Waals surface area contributed by atoms with Crippen LogP contribution in [0.15, 0.2) is 11.4 Å². The van der Waals surface area contributed by atoms with Gasteiger partial charge in [0.05, 0.1) is 6.54 Å². The van der Waals surface area contributed by atoms with Crippen LogP contribution in [0.25, 0.3) is 0 Å². The Balaban J connectivity index is 2.56. The molecule has 0 atom stereocenters. The van der Waals surface area contributed by atoms with Crippen molar-refractivity contribution in [3.63, 3.8) is 0 Å². The van der Waals surface area contributed by atoms with Gasteiger partial charge in [-0.15, -0.1) is 11.3 Å². The number of rotatable bonds is 3. The first-order valence-corrected chi connectivity index (χ1v) is 3.92. The van der Waals surface area contributed by atoms with Crippen LogP contribution in [0.2, 0.25) is 0 Å². The number of nitrogens with one attached hydrogen (secondary N) is 1. The highest BCUT2D eigenvalue weighted by Crippen LogP contribution is 2.14. The minimum Gasteiger partial charge on any atom is -0.354 e. The SMILES string of the molecule is Cc1ccsc1CNC=O. The van der Waals surface area contributed by atoms with E-state index in [0.717, 1.165) is 6.41 Å². The molecule has 0 unspecified atom stereocenters. The monoisotopic (exact) mass is 155 g/mol. The van der Waals surface area contributed by atoms with Gasteiger partial charge in [0.25, 0.3) is 0 Å². The van der Waals surface area contributed by atoms with Crippen LogP contribution in [-0.2, 0) is 11.3 Å². The molecule has 0 saturated carbocycles. The summed E-state index contributed by atoms with van der Waals surface area (Å²) in [7, 11) is 0. The molecule has 10 heavy (non-hydrogen) atoms. The molecular formula is C7H9NOS. The van der Waals surface area contributed by atoms with E-state index in [9.17, 15) is 4.79 Å². The van der Waals surface area contributed by atoms with E-state index in [1.807, 2.05) is 18.4 Å². The van der Waals surface area contributed by atoms with Crippen molar-refractivity contribution in [2.75, 3.05) is 0 Å². The van der Waals surface area contributed by atoms with Gasteiger partial charge in [-0.05, 0) is 23.9 Å². The quantitative estimate of drug-likeness (QED) is 0.655. The number of hydrogen-bond acceptors (Lipinski definition) is 2. The lowest BCUT2D eigenvalue weighted by molar-refractivity contribution is -0.109. The van der Waals surface area contributed by atoms with E-state index in [-0.39, 0.29) is 0 Å². The lowest BCUT2D eigenvalue weighted by atomic mass is 10.3. The van der Waals surface area contributed by atoms with Crippen molar-refractivity contribution in [2.24, 2.45) is 0 Å². The molecule has 0 fully saturated rings. The molecule has 0 spiro atoms. The first-order valence-electron chi connectivity index (χ1n) is 3.04. The van der Waals surface area contributed by atoms with Gasteiger partial charge in [-0.25, -0.2) is 0 Å². The van der Waals surface area contributed by atoms with Crippen LogP contribution in [0, 0.1) is 6.92 Å². The van der Waals surface area contributed by atoms with Gasteiger partial charge in [0, 0.05) is 4.88 Å². The summed E-state index contributed by atoms with van der Waals surface area (Å²) < 4.78 is 0. The second-order valence-electron chi connectivity index (χ2n) is 2.03. The standard InChI is InChI=1S/C7H9NOS/c1-6-2-3-10-7(6)4-8-5-9/h2-3,5H,4H2,1H3,(H,8,9). The predicted octanol–water partition coefficient (Wildman–Crippen LogP) is 1.30. The predicted molar refractivity (Wildman–Crippen MR) is 42.0 cm³/mol. The highest BCUT2D eigenvalue weighted by Gasteiger charge is 1.96. The summed E-state index contributed by atoms with van der Waals surface area (Å²) >= 11 is 1.67. The van der Waals surface area contributed by atoms with Crippen molar-refractivity contribution in [1.29, 1.82) is 0 Å². The van der Waals surface area contributed by atoms with E-state index in [0.29, 0.717) is 6.54 Å². The third-order valence-corrected chi connectivity index (χ3v) is 2.34. The van der Waals surface area contributed by atoms with Crippen LogP contribution in [0.1, 0.15) is 10.4 Å². The van der Waals surface area contributed by atoms with Gasteiger partial charge in [-0.2, -0.15) is 0 Å². The van der Waals surface area contributed by atoms with Crippen LogP contribution in [0.5, 0.6) is 0 Å². The lowest BCUT2D eigenvalue weighted by Gasteiger charge is -1.95. The Kier molecular flexibility index (Phi) is 2.45. The van der Waals surface area contributed by atoms with Gasteiger partial charge in [0.2, 0.25) is 6.41 Å². The van der Waals surface area contributed by atoms with Crippen molar-refractivity contribution in [2.45, 2.75) is 13.5 Å². The summed E-state index contributed by atoms with van der Waals surface area (Å²) in [5.74, 6) is 0. The molecule has 0 saturated heterocycles. The third kappa shape index (κ3) is 1.57. The molecule has 1 amide bonds. The maximum absolute atomic E-state index is 9.90. The number of amides is 1. The van der Waals surface area contributed by atoms with E-state index in [1.165, 1.54) is 10.4 Å². The molecule has 0 aliphatic carbocycles. The van der Waals surface area contributed by atoms with Crippen molar-refractivity contribution in [3.05, 3.63) is 21.9 Å². The Morgan fingerprint density at radius 2 is 2.60 bits per heavy atom. The molecule has 1 aromatic rings. The van der Waals surface area contributed by atoms with E-state index in [2.05, 4.69) is 5.32 Å². The van der Waals surface area contributed by atoms with Gasteiger partial charge in [-0.1, -0.05) is 0 Å². The fourth-order valence-electron chi connectivity index (χ4n) is 0.720. The van der Waals surface area contributed by atoms with Crippen LogP contribution < -0.4 is 5.32 Å². The van der Waals surface area contributed by atoms with Crippen LogP contribution in [0.3, 0.4) is 0 Å². The van der Waals surface area contributed by atoms with Crippen molar-refractivity contribution in [1.82, 2.24) is 5.32 Å². The molecule has 54 valence electrons. The second kappa shape index (κ2) is 3.37. The fourth-order valence-corrected chi connectivity index (χ4v) is 1.58. The molecule has 3 heteroatoms. The minimum atomic E-state index is 0.660. The molecule has 1 heterocycles. The first-order chi connectivity index (χ1) is 4.84. The van der Waals surface area contributed by atoms with Gasteiger partial charge < -0.3 is 5.32 Å². The summed E-state index contributed by atoms with van der Waals surface area (Å²) in [5.41, 5.74) is 1.25. The smallest absolute Gasteiger partial charge is 0.207 e. The summed E-state index contributed by atoms with van der Waals surface area (Å²) in [6, 6.07) is 2.05. The zero-order chi connectivity index (χ0) is 7.40. The molecule has 0 radical (unpaired) electrons. The summed E-state index contributed by atoms with van der Waals surface area (Å²) in [4.78, 5) is 11.1. The van der Waals surface area contributed by atoms with Crippen molar-refractivity contribution < 1.29 is 4.79 Å². The van der Waals surface area contributed by atoms with Gasteiger partial charge in [-0.3, -0.25) is 4.79 Å². The summed E-state index contributed by atoms with van der Waals surface area (Å²) in [5, 5.41) is 4.65. The maximum atomic E-state index is 9.90. The molecule has 0 bridgehead atoms. The molecule has 2 nitrogen and oxygen atoms in total. The molecule has 0 aliphatic rings. The van der Waals surface area contributed by atoms with Crippen LogP contribution >= 0.6 is 11.3 Å². The Morgan fingerprint density at radius 1 is 1.80 bits per heavy atom. The van der Waals surface area contributed by atoms with Crippen molar-refractivity contribution >= 4 is 17.7 Å². The normalized spacial score (nSPS) is 9.30. The molecule has 0 aliphatic heterocycles. The number of carbonyl (C=O) groups is 1. The zero-order valence-electron chi connectivity index (χ0n) is 5.76. The molecule has 1 rings (SSSR count). The molecule has 0 aromatic carbocycles. The highest BCUT2D eigenvalue weighted by atomic mass is 32.1. The van der Waals surface area contributed by atoms with Gasteiger partial charge in [0.15, 0.2) is 0 Å². The number of aryl methyl sites for hydroxylation is 1. The minimum absolute atomic E-state index is 0.660. The molecule has 1 aromatic heterocycles. The number of thiophene rings is 1. The van der Waals surface area contributed by atoms with E-state index < -0.39 is 0 Å². The first kappa shape index (κ1) is 7.28. The third-order valence-electron chi connectivity index (χ3n) is 1.31. The van der Waals surface area contributed by atoms with E-state index in [4.69, 9.17) is 0 Å². The second-order valence-corrected chi connectivity index (χ2v) is 3.03. The van der Waals surface area contributed by atoms with Gasteiger partial charge in [0.1, 0.15) is 0 Å². The molecule has 1 N–H and O–H groups in total. The number of hydrogen-bond donors (Lipinski definition) is 1.